The van der Waals surface area contributed by atoms with Crippen LogP contribution >= 0.6 is 0 Å². The van der Waals surface area contributed by atoms with E-state index in [1.807, 2.05) is 27.1 Å². The number of aromatic amines is 2. The summed E-state index contributed by atoms with van der Waals surface area (Å²) in [5.41, 5.74) is 5.94. The van der Waals surface area contributed by atoms with Gasteiger partial charge in [-0.25, -0.2) is 29.5 Å². The van der Waals surface area contributed by atoms with Gasteiger partial charge in [-0.2, -0.15) is 0 Å². The normalized spacial score (nSPS) is 14.1. The number of H-pyrrole nitrogens is 2. The first kappa shape index (κ1) is 38.7. The molecular formula is C36H39BN8NaO6. The molecular weight excluding hydrogens is 674 g/mol. The van der Waals surface area contributed by atoms with Gasteiger partial charge in [0.1, 0.15) is 40.0 Å². The van der Waals surface area contributed by atoms with E-state index in [9.17, 15) is 19.5 Å². The molecule has 2 aliphatic carbocycles. The molecule has 8 rings (SSSR count). The van der Waals surface area contributed by atoms with E-state index in [1.165, 1.54) is 63.4 Å². The molecule has 0 bridgehead atoms. The number of fused-ring (bicyclic) bond motifs is 2. The molecule has 14 nitrogen and oxygen atoms in total. The number of pyridine rings is 2. The number of hydrogen-bond donors (Lipinski definition) is 3. The Morgan fingerprint density at radius 2 is 1.33 bits per heavy atom. The number of aliphatic hydroxyl groups is 1. The summed E-state index contributed by atoms with van der Waals surface area (Å²) in [5.74, 6) is 1.58. The van der Waals surface area contributed by atoms with Gasteiger partial charge >= 0.3 is 41.5 Å². The molecule has 16 heteroatoms. The van der Waals surface area contributed by atoms with Crippen molar-refractivity contribution in [2.24, 2.45) is 0 Å². The number of carbonyl (C=O) groups excluding carboxylic acids is 3. The molecule has 2 fully saturated rings. The second-order valence-corrected chi connectivity index (χ2v) is 12.7. The number of ketones is 1. The van der Waals surface area contributed by atoms with Crippen molar-refractivity contribution in [2.75, 3.05) is 14.2 Å². The third kappa shape index (κ3) is 9.07. The number of esters is 2. The molecule has 52 heavy (non-hydrogen) atoms. The van der Waals surface area contributed by atoms with Gasteiger partial charge < -0.3 is 34.8 Å². The number of rotatable bonds is 12. The summed E-state index contributed by atoms with van der Waals surface area (Å²) in [5, 5.41) is 10.4. The smallest absolute Gasteiger partial charge is 1.00 e. The van der Waals surface area contributed by atoms with Crippen LogP contribution in [0.3, 0.4) is 0 Å². The molecule has 263 valence electrons. The first-order valence-corrected chi connectivity index (χ1v) is 16.7. The third-order valence-electron chi connectivity index (χ3n) is 9.00. The van der Waals surface area contributed by atoms with E-state index in [0.29, 0.717) is 59.8 Å². The van der Waals surface area contributed by atoms with E-state index < -0.39 is 18.0 Å². The van der Waals surface area contributed by atoms with Crippen LogP contribution in [0.1, 0.15) is 118 Å². The van der Waals surface area contributed by atoms with Crippen LogP contribution in [0.25, 0.3) is 11.3 Å². The molecule has 6 heterocycles. The average molecular weight is 714 g/mol. The summed E-state index contributed by atoms with van der Waals surface area (Å²) in [4.78, 5) is 58.1. The molecule has 0 amide bonds. The zero-order chi connectivity index (χ0) is 34.8. The Morgan fingerprint density at radius 3 is 1.87 bits per heavy atom. The third-order valence-corrected chi connectivity index (χ3v) is 9.00. The largest absolute Gasteiger partial charge is 1.00 e. The topological polar surface area (TPSA) is 182 Å². The van der Waals surface area contributed by atoms with Crippen LogP contribution in [0.15, 0.2) is 61.4 Å². The minimum Gasteiger partial charge on any atom is -1.00 e. The summed E-state index contributed by atoms with van der Waals surface area (Å²) >= 11 is 0. The number of aryl methyl sites for hydroxylation is 2. The van der Waals surface area contributed by atoms with Crippen molar-refractivity contribution >= 4 is 37.4 Å². The van der Waals surface area contributed by atoms with Crippen molar-refractivity contribution in [3.8, 4) is 0 Å². The van der Waals surface area contributed by atoms with E-state index in [1.54, 1.807) is 6.20 Å². The summed E-state index contributed by atoms with van der Waals surface area (Å²) in [6, 6.07) is 8.16. The van der Waals surface area contributed by atoms with Crippen LogP contribution in [0.2, 0.25) is 0 Å². The fourth-order valence-electron chi connectivity index (χ4n) is 5.84. The predicted molar refractivity (Wildman–Crippen MR) is 187 cm³/mol. The van der Waals surface area contributed by atoms with Crippen LogP contribution in [-0.4, -0.2) is 84.2 Å². The summed E-state index contributed by atoms with van der Waals surface area (Å²) in [6.07, 6.45) is 16.7. The quantitative estimate of drug-likeness (QED) is 0.0959. The molecule has 2 saturated carbocycles. The Labute approximate surface area is 325 Å². The van der Waals surface area contributed by atoms with Crippen LogP contribution in [0, 0.1) is 0 Å². The van der Waals surface area contributed by atoms with E-state index in [-0.39, 0.29) is 57.3 Å². The second-order valence-electron chi connectivity index (χ2n) is 12.7. The number of imidazole rings is 4. The van der Waals surface area contributed by atoms with Gasteiger partial charge in [0.2, 0.25) is 0 Å². The fourth-order valence-corrected chi connectivity index (χ4v) is 5.84. The minimum atomic E-state index is -0.684. The van der Waals surface area contributed by atoms with Gasteiger partial charge in [-0.3, -0.25) is 4.79 Å². The van der Waals surface area contributed by atoms with Gasteiger partial charge in [0.15, 0.2) is 5.78 Å². The number of aliphatic hydroxyl groups excluding tert-OH is 1. The molecule has 1 unspecified atom stereocenters. The van der Waals surface area contributed by atoms with E-state index in [4.69, 9.17) is 0 Å². The van der Waals surface area contributed by atoms with Crippen molar-refractivity contribution < 1.29 is 59.9 Å². The number of aromatic nitrogens is 8. The van der Waals surface area contributed by atoms with Crippen molar-refractivity contribution in [3.05, 3.63) is 107 Å². The summed E-state index contributed by atoms with van der Waals surface area (Å²) in [7, 11) is 2.63. The van der Waals surface area contributed by atoms with Crippen molar-refractivity contribution in [1.82, 2.24) is 38.7 Å². The molecule has 6 aromatic heterocycles. The molecule has 1 atom stereocenters. The summed E-state index contributed by atoms with van der Waals surface area (Å²) in [6.45, 7) is 0. The Bertz CT molecular complexity index is 2190. The SMILES string of the molecule is COC(=O)c1cnc(CCC(=O)c2cn3cc(C4CC4)ccc3n2)[nH]1.COC(=O)c1cnc(CCC(O)c2cn3cc(C4CC4)ccc3n2)[nH]1.[B].[H-].[Na+]. The number of nitrogens with one attached hydrogen (secondary N) is 2. The van der Waals surface area contributed by atoms with E-state index in [2.05, 4.69) is 63.9 Å². The van der Waals surface area contributed by atoms with E-state index in [0.717, 1.165) is 11.3 Å². The van der Waals surface area contributed by atoms with Gasteiger partial charge in [-0.05, 0) is 67.2 Å². The molecule has 0 saturated heterocycles. The fraction of sp³-hybridized carbons (Fsp3) is 0.361. The Morgan fingerprint density at radius 1 is 0.808 bits per heavy atom. The standard InChI is InChI=1S/C18H20N4O3.C18H18N4O3.B.Na.H/c2*1-25-18(24)13-8-19-16(20-13)6-5-15(23)14-10-22-9-12(11-2-3-11)4-7-17(22)21-14;;;/h4,7-11,15,23H,2-3,5-6H2,1H3,(H,19,20);4,7-11H,2-3,5-6H2,1H3,(H,19,20);;;/q;;;+1;-1. The predicted octanol–water partition coefficient (Wildman–Crippen LogP) is 1.66. The van der Waals surface area contributed by atoms with E-state index >= 15 is 0 Å². The van der Waals surface area contributed by atoms with Crippen LogP contribution in [0.4, 0.5) is 0 Å². The maximum absolute atomic E-state index is 12.4. The first-order chi connectivity index (χ1) is 24.3. The average Bonchev–Trinajstić information content (AvgIpc) is 3.95. The van der Waals surface area contributed by atoms with Crippen LogP contribution in [0.5, 0.6) is 0 Å². The van der Waals surface area contributed by atoms with Gasteiger partial charge in [0, 0.05) is 52.5 Å². The Kier molecular flexibility index (Phi) is 12.5. The van der Waals surface area contributed by atoms with Gasteiger partial charge in [-0.15, -0.1) is 0 Å². The summed E-state index contributed by atoms with van der Waals surface area (Å²) < 4.78 is 13.2. The monoisotopic (exact) mass is 713 g/mol. The van der Waals surface area contributed by atoms with Crippen molar-refractivity contribution in [3.63, 3.8) is 0 Å². The number of nitrogens with zero attached hydrogens (tertiary/aromatic N) is 6. The molecule has 0 spiro atoms. The van der Waals surface area contributed by atoms with Gasteiger partial charge in [-0.1, -0.05) is 12.1 Å². The maximum atomic E-state index is 12.4. The number of carbonyl (C=O) groups is 3. The first-order valence-electron chi connectivity index (χ1n) is 16.7. The zero-order valence-corrected chi connectivity index (χ0v) is 31.4. The molecule has 3 radical (unpaired) electrons. The Hall–Kier alpha value is -4.57. The van der Waals surface area contributed by atoms with Crippen molar-refractivity contribution in [1.29, 1.82) is 0 Å². The number of hydrogen-bond acceptors (Lipinski definition) is 10. The van der Waals surface area contributed by atoms with Gasteiger partial charge in [0.25, 0.3) is 0 Å². The second kappa shape index (κ2) is 16.8. The number of Topliss-reactive ketones (excluding diaryl/α,β-unsaturated/α-hetero) is 1. The number of methoxy groups -OCH3 is 2. The van der Waals surface area contributed by atoms with Crippen LogP contribution < -0.4 is 29.6 Å². The molecule has 6 aromatic rings. The molecule has 3 N–H and O–H groups in total. The maximum Gasteiger partial charge on any atom is 1.00 e. The molecule has 2 aliphatic rings. The van der Waals surface area contributed by atoms with Crippen LogP contribution in [-0.2, 0) is 22.3 Å². The minimum absolute atomic E-state index is 0. The molecule has 0 aromatic carbocycles. The Balaban J connectivity index is 0.000000224. The number of ether oxygens (including phenoxy) is 2. The van der Waals surface area contributed by atoms with Gasteiger partial charge in [0.05, 0.1) is 38.4 Å². The zero-order valence-electron chi connectivity index (χ0n) is 30.4. The molecule has 0 aliphatic heterocycles. The van der Waals surface area contributed by atoms with Crippen molar-refractivity contribution in [2.45, 2.75) is 69.3 Å².